The topological polar surface area (TPSA) is 87.5 Å². The lowest BCUT2D eigenvalue weighted by Gasteiger charge is -2.27. The molecule has 14 heteroatoms. The van der Waals surface area contributed by atoms with Gasteiger partial charge in [-0.25, -0.2) is 18.0 Å². The van der Waals surface area contributed by atoms with Crippen molar-refractivity contribution in [1.82, 2.24) is 9.78 Å². The molecule has 1 aromatic heterocycles. The van der Waals surface area contributed by atoms with Crippen molar-refractivity contribution in [2.24, 2.45) is 0 Å². The van der Waals surface area contributed by atoms with Crippen LogP contribution in [-0.2, 0) is 11.0 Å². The van der Waals surface area contributed by atoms with Crippen molar-refractivity contribution in [2.75, 3.05) is 23.3 Å². The van der Waals surface area contributed by atoms with Gasteiger partial charge in [-0.2, -0.15) is 18.3 Å². The van der Waals surface area contributed by atoms with E-state index in [9.17, 15) is 41.0 Å². The summed E-state index contributed by atoms with van der Waals surface area (Å²) in [5.74, 6) is -3.09. The average Bonchev–Trinajstić information content (AvgIpc) is 3.06. The molecule has 0 aliphatic carbocycles. The molecule has 0 radical (unpaired) electrons. The molecule has 0 saturated carbocycles. The molecule has 35 heavy (non-hydrogen) atoms. The number of halogens is 7. The molecule has 0 saturated heterocycles. The second-order valence-corrected chi connectivity index (χ2v) is 8.10. The van der Waals surface area contributed by atoms with E-state index in [1.165, 1.54) is 24.3 Å². The van der Waals surface area contributed by atoms with Gasteiger partial charge < -0.3 is 15.3 Å². The number of aromatic nitrogens is 2. The standard InChI is InChI=1S/C21H19ClF6N4O3/c1-10-17(22)18(21(26,27)28)30-32(10)15(8-16(24)25)19(33)29-14-5-4-12(7-13(14)20(34)35)31-6-2-3-11(23)9-31/h3-5,7,15-16H,2,6,8-9H2,1H3,(H,29,33)(H,34,35)/t15-/m0/s1. The van der Waals surface area contributed by atoms with Crippen molar-refractivity contribution >= 4 is 34.9 Å². The molecular formula is C21H19ClF6N4O3. The molecule has 1 atom stereocenters. The summed E-state index contributed by atoms with van der Waals surface area (Å²) < 4.78 is 80.0. The van der Waals surface area contributed by atoms with Crippen molar-refractivity contribution in [3.8, 4) is 0 Å². The van der Waals surface area contributed by atoms with Crippen molar-refractivity contribution in [1.29, 1.82) is 0 Å². The van der Waals surface area contributed by atoms with E-state index in [4.69, 9.17) is 11.6 Å². The molecule has 2 aromatic rings. The normalized spacial score (nSPS) is 15.2. The number of carboxylic acids is 1. The summed E-state index contributed by atoms with van der Waals surface area (Å²) in [6, 6.07) is 1.85. The highest BCUT2D eigenvalue weighted by atomic mass is 35.5. The third kappa shape index (κ3) is 5.89. The highest BCUT2D eigenvalue weighted by Gasteiger charge is 2.40. The Balaban J connectivity index is 1.95. The van der Waals surface area contributed by atoms with Gasteiger partial charge >= 0.3 is 12.1 Å². The fraction of sp³-hybridized carbons (Fsp3) is 0.381. The third-order valence-corrected chi connectivity index (χ3v) is 5.76. The fourth-order valence-electron chi connectivity index (χ4n) is 3.62. The number of carboxylic acid groups (broad SMARTS) is 1. The van der Waals surface area contributed by atoms with Crippen LogP contribution in [0.3, 0.4) is 0 Å². The van der Waals surface area contributed by atoms with Gasteiger partial charge in [0.1, 0.15) is 11.9 Å². The average molecular weight is 525 g/mol. The predicted octanol–water partition coefficient (Wildman–Crippen LogP) is 5.46. The first-order valence-corrected chi connectivity index (χ1v) is 10.5. The molecule has 0 bridgehead atoms. The number of carbonyl (C=O) groups excluding carboxylic acids is 1. The van der Waals surface area contributed by atoms with Gasteiger partial charge in [-0.05, 0) is 37.6 Å². The molecule has 7 nitrogen and oxygen atoms in total. The zero-order valence-corrected chi connectivity index (χ0v) is 18.8. The van der Waals surface area contributed by atoms with Crippen molar-refractivity contribution in [3.63, 3.8) is 0 Å². The summed E-state index contributed by atoms with van der Waals surface area (Å²) in [6.45, 7) is 1.41. The van der Waals surface area contributed by atoms with E-state index in [0.717, 1.165) is 6.92 Å². The number of alkyl halides is 5. The van der Waals surface area contributed by atoms with E-state index >= 15 is 0 Å². The second-order valence-electron chi connectivity index (χ2n) is 7.72. The van der Waals surface area contributed by atoms with Gasteiger partial charge in [-0.1, -0.05) is 11.6 Å². The van der Waals surface area contributed by atoms with E-state index in [-0.39, 0.29) is 17.9 Å². The van der Waals surface area contributed by atoms with Gasteiger partial charge in [0.25, 0.3) is 0 Å². The minimum Gasteiger partial charge on any atom is -0.478 e. The lowest BCUT2D eigenvalue weighted by atomic mass is 10.1. The second kappa shape index (κ2) is 10.2. The molecule has 1 aliphatic heterocycles. The zero-order chi connectivity index (χ0) is 26.1. The maximum absolute atomic E-state index is 13.6. The van der Waals surface area contributed by atoms with E-state index in [1.54, 1.807) is 4.90 Å². The molecular weight excluding hydrogens is 506 g/mol. The van der Waals surface area contributed by atoms with Crippen LogP contribution in [-0.4, -0.2) is 46.3 Å². The number of anilines is 2. The minimum absolute atomic E-state index is 0.0812. The molecule has 3 rings (SSSR count). The van der Waals surface area contributed by atoms with Gasteiger partial charge in [0.05, 0.1) is 28.5 Å². The maximum atomic E-state index is 13.6. The Labute approximate surface area is 200 Å². The zero-order valence-electron chi connectivity index (χ0n) is 18.0. The van der Waals surface area contributed by atoms with Crippen LogP contribution in [0, 0.1) is 6.92 Å². The molecule has 0 spiro atoms. The van der Waals surface area contributed by atoms with E-state index < -0.39 is 59.0 Å². The number of aromatic carboxylic acids is 1. The van der Waals surface area contributed by atoms with Crippen LogP contribution in [0.5, 0.6) is 0 Å². The summed E-state index contributed by atoms with van der Waals surface area (Å²) in [5, 5.41) is 14.2. The lowest BCUT2D eigenvalue weighted by molar-refractivity contribution is -0.141. The molecule has 190 valence electrons. The Bertz CT molecular complexity index is 1160. The van der Waals surface area contributed by atoms with Crippen LogP contribution < -0.4 is 10.2 Å². The van der Waals surface area contributed by atoms with E-state index in [1.807, 2.05) is 0 Å². The van der Waals surface area contributed by atoms with Crippen molar-refractivity contribution < 1.29 is 41.0 Å². The number of nitrogens with zero attached hydrogens (tertiary/aromatic N) is 3. The molecule has 2 N–H and O–H groups in total. The Morgan fingerprint density at radius 1 is 1.29 bits per heavy atom. The molecule has 2 heterocycles. The van der Waals surface area contributed by atoms with Gasteiger partial charge in [-0.15, -0.1) is 0 Å². The molecule has 0 unspecified atom stereocenters. The number of carbonyl (C=O) groups is 2. The van der Waals surface area contributed by atoms with Gasteiger partial charge in [0, 0.05) is 18.7 Å². The summed E-state index contributed by atoms with van der Waals surface area (Å²) in [4.78, 5) is 26.3. The molecule has 1 aromatic carbocycles. The Kier molecular flexibility index (Phi) is 7.68. The summed E-state index contributed by atoms with van der Waals surface area (Å²) >= 11 is 5.68. The smallest absolute Gasteiger partial charge is 0.436 e. The van der Waals surface area contributed by atoms with Crippen LogP contribution in [0.15, 0.2) is 30.1 Å². The maximum Gasteiger partial charge on any atom is 0.436 e. The monoisotopic (exact) mass is 524 g/mol. The number of nitrogens with one attached hydrogen (secondary N) is 1. The number of hydrogen-bond acceptors (Lipinski definition) is 4. The van der Waals surface area contributed by atoms with Crippen LogP contribution >= 0.6 is 11.6 Å². The van der Waals surface area contributed by atoms with Crippen LogP contribution in [0.2, 0.25) is 5.02 Å². The first kappa shape index (κ1) is 26.4. The van der Waals surface area contributed by atoms with Crippen LogP contribution in [0.4, 0.5) is 37.7 Å². The quantitative estimate of drug-likeness (QED) is 0.470. The molecule has 1 aliphatic rings. The van der Waals surface area contributed by atoms with E-state index in [2.05, 4.69) is 10.4 Å². The Morgan fingerprint density at radius 2 is 1.97 bits per heavy atom. The molecule has 1 amide bonds. The largest absolute Gasteiger partial charge is 0.478 e. The van der Waals surface area contributed by atoms with Gasteiger partial charge in [0.2, 0.25) is 12.3 Å². The number of amides is 1. The third-order valence-electron chi connectivity index (χ3n) is 5.31. The van der Waals surface area contributed by atoms with Crippen LogP contribution in [0.25, 0.3) is 0 Å². The van der Waals surface area contributed by atoms with Crippen molar-refractivity contribution in [3.05, 3.63) is 52.1 Å². The number of hydrogen-bond donors (Lipinski definition) is 2. The predicted molar refractivity (Wildman–Crippen MR) is 115 cm³/mol. The summed E-state index contributed by atoms with van der Waals surface area (Å²) in [6.07, 6.45) is -7.50. The number of benzene rings is 1. The first-order valence-electron chi connectivity index (χ1n) is 10.2. The Hall–Kier alpha value is -3.22. The first-order chi connectivity index (χ1) is 16.3. The minimum atomic E-state index is -4.99. The number of rotatable bonds is 7. The highest BCUT2D eigenvalue weighted by molar-refractivity contribution is 6.32. The molecule has 0 fully saturated rings. The van der Waals surface area contributed by atoms with Gasteiger partial charge in [-0.3, -0.25) is 9.48 Å². The highest BCUT2D eigenvalue weighted by Crippen LogP contribution is 2.37. The van der Waals surface area contributed by atoms with Gasteiger partial charge in [0.15, 0.2) is 5.69 Å². The van der Waals surface area contributed by atoms with E-state index in [0.29, 0.717) is 23.3 Å². The van der Waals surface area contributed by atoms with Crippen LogP contribution in [0.1, 0.15) is 40.6 Å². The Morgan fingerprint density at radius 3 is 2.51 bits per heavy atom. The SMILES string of the molecule is Cc1c(Cl)c(C(F)(F)F)nn1[C@@H](CC(F)F)C(=O)Nc1ccc(N2CCC=C(F)C2)cc1C(=O)O. The summed E-state index contributed by atoms with van der Waals surface area (Å²) in [7, 11) is 0. The fourth-order valence-corrected chi connectivity index (χ4v) is 3.86. The summed E-state index contributed by atoms with van der Waals surface area (Å²) in [5.41, 5.74) is -2.27. The van der Waals surface area contributed by atoms with Crippen molar-refractivity contribution in [2.45, 2.75) is 38.4 Å². The lowest BCUT2D eigenvalue weighted by Crippen LogP contribution is -2.31.